The summed E-state index contributed by atoms with van der Waals surface area (Å²) in [6, 6.07) is 2.79. The van der Waals surface area contributed by atoms with E-state index in [1.54, 1.807) is 6.20 Å². The van der Waals surface area contributed by atoms with Crippen molar-refractivity contribution >= 4 is 17.2 Å². The van der Waals surface area contributed by atoms with E-state index in [4.69, 9.17) is 10.5 Å². The maximum absolute atomic E-state index is 9.58. The molecule has 2 fully saturated rings. The minimum absolute atomic E-state index is 0.136. The standard InChI is InChI=1S/C16H26N4O2/c17-14-10-18-16(20-11-1-3-13(21)4-2-11)9-15(14)19-12-5-7-22-8-6-12/h9-13,21H,1-8,17H2,(H2,18,19,20). The lowest BCUT2D eigenvalue weighted by molar-refractivity contribution is 0.0904. The van der Waals surface area contributed by atoms with Crippen molar-refractivity contribution in [1.29, 1.82) is 0 Å². The van der Waals surface area contributed by atoms with Crippen LogP contribution >= 0.6 is 0 Å². The van der Waals surface area contributed by atoms with E-state index in [1.165, 1.54) is 0 Å². The van der Waals surface area contributed by atoms with Gasteiger partial charge in [0.2, 0.25) is 0 Å². The summed E-state index contributed by atoms with van der Waals surface area (Å²) in [5.74, 6) is 0.852. The zero-order valence-corrected chi connectivity index (χ0v) is 12.9. The van der Waals surface area contributed by atoms with Crippen molar-refractivity contribution in [2.24, 2.45) is 0 Å². The number of rotatable bonds is 4. The fourth-order valence-corrected chi connectivity index (χ4v) is 3.16. The number of pyridine rings is 1. The van der Waals surface area contributed by atoms with E-state index < -0.39 is 0 Å². The average Bonchev–Trinajstić information content (AvgIpc) is 2.54. The first-order chi connectivity index (χ1) is 10.7. The van der Waals surface area contributed by atoms with Crippen LogP contribution in [0.4, 0.5) is 17.2 Å². The second-order valence-corrected chi connectivity index (χ2v) is 6.34. The number of aromatic nitrogens is 1. The van der Waals surface area contributed by atoms with E-state index in [0.29, 0.717) is 17.8 Å². The molecule has 1 aromatic heterocycles. The third kappa shape index (κ3) is 4.01. The maximum atomic E-state index is 9.58. The van der Waals surface area contributed by atoms with Gasteiger partial charge in [-0.1, -0.05) is 0 Å². The molecule has 6 heteroatoms. The summed E-state index contributed by atoms with van der Waals surface area (Å²) in [6.45, 7) is 1.61. The van der Waals surface area contributed by atoms with Gasteiger partial charge < -0.3 is 26.2 Å². The molecule has 1 aromatic rings. The molecule has 0 atom stereocenters. The van der Waals surface area contributed by atoms with Gasteiger partial charge in [-0.2, -0.15) is 0 Å². The summed E-state index contributed by atoms with van der Waals surface area (Å²) < 4.78 is 5.38. The molecule has 2 aliphatic rings. The average molecular weight is 306 g/mol. The minimum Gasteiger partial charge on any atom is -0.396 e. The molecule has 5 N–H and O–H groups in total. The smallest absolute Gasteiger partial charge is 0.128 e. The largest absolute Gasteiger partial charge is 0.396 e. The number of nitrogens with zero attached hydrogens (tertiary/aromatic N) is 1. The van der Waals surface area contributed by atoms with Gasteiger partial charge in [0, 0.05) is 31.4 Å². The Kier molecular flexibility index (Phi) is 5.00. The Labute approximate surface area is 131 Å². The molecule has 2 heterocycles. The van der Waals surface area contributed by atoms with Gasteiger partial charge in [0.05, 0.1) is 23.7 Å². The van der Waals surface area contributed by atoms with Crippen molar-refractivity contribution in [1.82, 2.24) is 4.98 Å². The highest BCUT2D eigenvalue weighted by Crippen LogP contribution is 2.26. The lowest BCUT2D eigenvalue weighted by atomic mass is 9.93. The Hall–Kier alpha value is -1.53. The fourth-order valence-electron chi connectivity index (χ4n) is 3.16. The van der Waals surface area contributed by atoms with Crippen LogP contribution < -0.4 is 16.4 Å². The molecular weight excluding hydrogens is 280 g/mol. The predicted molar refractivity (Wildman–Crippen MR) is 88.0 cm³/mol. The normalized spacial score (nSPS) is 26.6. The molecule has 0 aromatic carbocycles. The number of hydrogen-bond acceptors (Lipinski definition) is 6. The van der Waals surface area contributed by atoms with Gasteiger partial charge in [-0.25, -0.2) is 4.98 Å². The van der Waals surface area contributed by atoms with Gasteiger partial charge >= 0.3 is 0 Å². The lowest BCUT2D eigenvalue weighted by Gasteiger charge is -2.27. The molecule has 3 rings (SSSR count). The summed E-state index contributed by atoms with van der Waals surface area (Å²) in [6.07, 6.45) is 7.27. The molecule has 1 aliphatic carbocycles. The highest BCUT2D eigenvalue weighted by Gasteiger charge is 2.20. The van der Waals surface area contributed by atoms with Crippen LogP contribution in [-0.2, 0) is 4.74 Å². The number of anilines is 3. The van der Waals surface area contributed by atoms with Gasteiger partial charge in [-0.15, -0.1) is 0 Å². The van der Waals surface area contributed by atoms with Crippen LogP contribution in [0.15, 0.2) is 12.3 Å². The SMILES string of the molecule is Nc1cnc(NC2CCC(O)CC2)cc1NC1CCOCC1. The van der Waals surface area contributed by atoms with Gasteiger partial charge in [0.1, 0.15) is 5.82 Å². The quantitative estimate of drug-likeness (QED) is 0.680. The molecule has 22 heavy (non-hydrogen) atoms. The molecule has 0 unspecified atom stereocenters. The van der Waals surface area contributed by atoms with Crippen molar-refractivity contribution in [3.05, 3.63) is 12.3 Å². The third-order valence-electron chi connectivity index (χ3n) is 4.56. The number of ether oxygens (including phenoxy) is 1. The highest BCUT2D eigenvalue weighted by molar-refractivity contribution is 5.69. The molecule has 1 saturated heterocycles. The van der Waals surface area contributed by atoms with Crippen molar-refractivity contribution < 1.29 is 9.84 Å². The van der Waals surface area contributed by atoms with Crippen LogP contribution in [0.1, 0.15) is 38.5 Å². The van der Waals surface area contributed by atoms with Crippen molar-refractivity contribution in [3.8, 4) is 0 Å². The summed E-state index contributed by atoms with van der Waals surface area (Å²) >= 11 is 0. The van der Waals surface area contributed by atoms with Gasteiger partial charge in [0.25, 0.3) is 0 Å². The molecule has 1 saturated carbocycles. The zero-order valence-electron chi connectivity index (χ0n) is 12.9. The van der Waals surface area contributed by atoms with E-state index in [1.807, 2.05) is 6.07 Å². The molecule has 0 amide bonds. The third-order valence-corrected chi connectivity index (χ3v) is 4.56. The van der Waals surface area contributed by atoms with Gasteiger partial charge in [0.15, 0.2) is 0 Å². The number of nitrogens with one attached hydrogen (secondary N) is 2. The summed E-state index contributed by atoms with van der Waals surface area (Å²) in [5, 5.41) is 16.5. The number of hydrogen-bond donors (Lipinski definition) is 4. The van der Waals surface area contributed by atoms with Gasteiger partial charge in [-0.05, 0) is 38.5 Å². The summed E-state index contributed by atoms with van der Waals surface area (Å²) in [5.41, 5.74) is 7.66. The lowest BCUT2D eigenvalue weighted by Crippen LogP contribution is -2.29. The van der Waals surface area contributed by atoms with Crippen molar-refractivity contribution in [3.63, 3.8) is 0 Å². The first-order valence-corrected chi connectivity index (χ1v) is 8.25. The highest BCUT2D eigenvalue weighted by atomic mass is 16.5. The Morgan fingerprint density at radius 1 is 1.05 bits per heavy atom. The molecule has 0 radical (unpaired) electrons. The van der Waals surface area contributed by atoms with Crippen molar-refractivity contribution in [2.75, 3.05) is 29.6 Å². The van der Waals surface area contributed by atoms with Crippen LogP contribution in [0, 0.1) is 0 Å². The summed E-state index contributed by atoms with van der Waals surface area (Å²) in [7, 11) is 0. The molecule has 122 valence electrons. The summed E-state index contributed by atoms with van der Waals surface area (Å²) in [4.78, 5) is 4.38. The Morgan fingerprint density at radius 2 is 1.73 bits per heavy atom. The molecule has 0 spiro atoms. The number of aliphatic hydroxyl groups is 1. The first kappa shape index (κ1) is 15.4. The van der Waals surface area contributed by atoms with E-state index in [-0.39, 0.29) is 6.10 Å². The molecular formula is C16H26N4O2. The second-order valence-electron chi connectivity index (χ2n) is 6.34. The number of aliphatic hydroxyl groups excluding tert-OH is 1. The fraction of sp³-hybridized carbons (Fsp3) is 0.688. The second kappa shape index (κ2) is 7.15. The van der Waals surface area contributed by atoms with Crippen LogP contribution in [0.25, 0.3) is 0 Å². The first-order valence-electron chi connectivity index (χ1n) is 8.25. The number of nitrogen functional groups attached to an aromatic ring is 1. The maximum Gasteiger partial charge on any atom is 0.128 e. The zero-order chi connectivity index (χ0) is 15.4. The van der Waals surface area contributed by atoms with Crippen LogP contribution in [-0.4, -0.2) is 41.5 Å². The topological polar surface area (TPSA) is 92.4 Å². The van der Waals surface area contributed by atoms with E-state index in [0.717, 1.165) is 63.2 Å². The number of nitrogens with two attached hydrogens (primary N) is 1. The van der Waals surface area contributed by atoms with Crippen LogP contribution in [0.5, 0.6) is 0 Å². The Bertz CT molecular complexity index is 483. The van der Waals surface area contributed by atoms with E-state index >= 15 is 0 Å². The van der Waals surface area contributed by atoms with Gasteiger partial charge in [-0.3, -0.25) is 0 Å². The van der Waals surface area contributed by atoms with Crippen LogP contribution in [0.3, 0.4) is 0 Å². The molecule has 6 nitrogen and oxygen atoms in total. The Balaban J connectivity index is 1.61. The molecule has 1 aliphatic heterocycles. The van der Waals surface area contributed by atoms with Crippen LogP contribution in [0.2, 0.25) is 0 Å². The van der Waals surface area contributed by atoms with Crippen molar-refractivity contribution in [2.45, 2.75) is 56.7 Å². The van der Waals surface area contributed by atoms with E-state index in [9.17, 15) is 5.11 Å². The van der Waals surface area contributed by atoms with E-state index in [2.05, 4.69) is 15.6 Å². The monoisotopic (exact) mass is 306 g/mol. The molecule has 0 bridgehead atoms. The predicted octanol–water partition coefficient (Wildman–Crippen LogP) is 1.97. The Morgan fingerprint density at radius 3 is 2.45 bits per heavy atom. The minimum atomic E-state index is -0.136.